The molecular formula is C19H23N3O5. The van der Waals surface area contributed by atoms with E-state index < -0.39 is 29.9 Å². The van der Waals surface area contributed by atoms with Crippen molar-refractivity contribution in [1.29, 1.82) is 5.26 Å². The van der Waals surface area contributed by atoms with Crippen molar-refractivity contribution < 1.29 is 24.2 Å². The minimum Gasteiger partial charge on any atom is -0.485 e. The van der Waals surface area contributed by atoms with Crippen LogP contribution in [-0.2, 0) is 9.53 Å². The van der Waals surface area contributed by atoms with Gasteiger partial charge in [0.15, 0.2) is 0 Å². The van der Waals surface area contributed by atoms with Crippen molar-refractivity contribution in [2.24, 2.45) is 0 Å². The number of hydrogen-bond acceptors (Lipinski definition) is 6. The van der Waals surface area contributed by atoms with Crippen molar-refractivity contribution >= 4 is 12.0 Å². The summed E-state index contributed by atoms with van der Waals surface area (Å²) in [7, 11) is 1.28. The monoisotopic (exact) mass is 373 g/mol. The Morgan fingerprint density at radius 1 is 1.44 bits per heavy atom. The number of ether oxygens (including phenoxy) is 2. The van der Waals surface area contributed by atoms with Crippen LogP contribution in [0.5, 0.6) is 5.75 Å². The van der Waals surface area contributed by atoms with Crippen LogP contribution in [0.25, 0.3) is 0 Å². The van der Waals surface area contributed by atoms with Crippen LogP contribution in [0, 0.1) is 11.3 Å². The van der Waals surface area contributed by atoms with Gasteiger partial charge in [0.05, 0.1) is 24.8 Å². The van der Waals surface area contributed by atoms with Crippen LogP contribution in [0.1, 0.15) is 43.9 Å². The number of carbonyl (C=O) groups excluding carboxylic acids is 2. The maximum atomic E-state index is 12.9. The van der Waals surface area contributed by atoms with Crippen LogP contribution < -0.4 is 10.1 Å². The van der Waals surface area contributed by atoms with E-state index in [2.05, 4.69) is 11.4 Å². The fourth-order valence-electron chi connectivity index (χ4n) is 3.65. The molecule has 2 amide bonds. The van der Waals surface area contributed by atoms with Crippen LogP contribution in [0.2, 0.25) is 0 Å². The zero-order valence-electron chi connectivity index (χ0n) is 15.6. The van der Waals surface area contributed by atoms with Crippen molar-refractivity contribution in [2.75, 3.05) is 13.7 Å². The molecule has 0 aromatic heterocycles. The zero-order valence-corrected chi connectivity index (χ0v) is 15.6. The van der Waals surface area contributed by atoms with E-state index in [4.69, 9.17) is 9.47 Å². The van der Waals surface area contributed by atoms with Gasteiger partial charge in [-0.05, 0) is 44.9 Å². The lowest BCUT2D eigenvalue weighted by atomic mass is 9.85. The molecule has 1 saturated heterocycles. The van der Waals surface area contributed by atoms with E-state index in [1.807, 2.05) is 0 Å². The van der Waals surface area contributed by atoms with E-state index in [1.165, 1.54) is 12.0 Å². The molecule has 2 N–H and O–H groups in total. The van der Waals surface area contributed by atoms with E-state index in [0.717, 1.165) is 0 Å². The van der Waals surface area contributed by atoms with Crippen molar-refractivity contribution in [3.63, 3.8) is 0 Å². The maximum absolute atomic E-state index is 12.9. The third-order valence-corrected chi connectivity index (χ3v) is 5.14. The topological polar surface area (TPSA) is 112 Å². The largest absolute Gasteiger partial charge is 0.485 e. The highest BCUT2D eigenvalue weighted by molar-refractivity contribution is 5.86. The van der Waals surface area contributed by atoms with E-state index in [1.54, 1.807) is 32.0 Å². The Hall–Kier alpha value is -2.79. The molecule has 2 aliphatic rings. The molecule has 8 nitrogen and oxygen atoms in total. The molecule has 1 aromatic rings. The Morgan fingerprint density at radius 2 is 2.19 bits per heavy atom. The number of fused-ring (bicyclic) bond motifs is 1. The van der Waals surface area contributed by atoms with Crippen LogP contribution in [-0.4, -0.2) is 53.4 Å². The molecule has 0 spiro atoms. The first-order valence-electron chi connectivity index (χ1n) is 8.84. The number of nitrogens with one attached hydrogen (secondary N) is 1. The summed E-state index contributed by atoms with van der Waals surface area (Å²) >= 11 is 0. The second-order valence-electron chi connectivity index (χ2n) is 7.32. The molecule has 1 fully saturated rings. The fraction of sp³-hybridized carbons (Fsp3) is 0.526. The molecule has 3 atom stereocenters. The molecule has 3 rings (SSSR count). The molecule has 144 valence electrons. The van der Waals surface area contributed by atoms with E-state index >= 15 is 0 Å². The van der Waals surface area contributed by atoms with Gasteiger partial charge in [0.25, 0.3) is 0 Å². The summed E-state index contributed by atoms with van der Waals surface area (Å²) in [5.41, 5.74) is 0.00832. The summed E-state index contributed by atoms with van der Waals surface area (Å²) in [5, 5.41) is 22.8. The fourth-order valence-corrected chi connectivity index (χ4v) is 3.65. The quantitative estimate of drug-likeness (QED) is 0.812. The molecule has 8 heteroatoms. The summed E-state index contributed by atoms with van der Waals surface area (Å²) in [5.74, 6) is 0.138. The Bertz CT molecular complexity index is 801. The minimum absolute atomic E-state index is 0.368. The molecule has 2 heterocycles. The number of methoxy groups -OCH3 is 1. The third kappa shape index (κ3) is 3.43. The standard InChI is InChI=1S/C19H23N3O5/c1-19(2)16(23)15(12-9-11(10-20)6-7-14(12)27-19)21-17(24)13-5-4-8-22(13)18(25)26-3/h6-7,9,13,15-16,23H,4-5,8H2,1-3H3,(H,21,24)/t13-,15+,16-/m0/s1. The van der Waals surface area contributed by atoms with Crippen molar-refractivity contribution in [2.45, 2.75) is 50.5 Å². The number of hydrogen-bond donors (Lipinski definition) is 2. The van der Waals surface area contributed by atoms with E-state index in [0.29, 0.717) is 36.3 Å². The molecule has 0 saturated carbocycles. The number of nitrogens with zero attached hydrogens (tertiary/aromatic N) is 2. The maximum Gasteiger partial charge on any atom is 0.410 e. The van der Waals surface area contributed by atoms with Gasteiger partial charge >= 0.3 is 6.09 Å². The van der Waals surface area contributed by atoms with Crippen LogP contribution in [0.3, 0.4) is 0 Å². The second-order valence-corrected chi connectivity index (χ2v) is 7.32. The Kier molecular flexibility index (Phi) is 4.98. The molecule has 0 unspecified atom stereocenters. The highest BCUT2D eigenvalue weighted by Crippen LogP contribution is 2.40. The lowest BCUT2D eigenvalue weighted by molar-refractivity contribution is -0.129. The second kappa shape index (κ2) is 7.08. The lowest BCUT2D eigenvalue weighted by Gasteiger charge is -2.42. The van der Waals surface area contributed by atoms with Gasteiger partial charge in [0.1, 0.15) is 23.5 Å². The average molecular weight is 373 g/mol. The van der Waals surface area contributed by atoms with Gasteiger partial charge < -0.3 is 19.9 Å². The summed E-state index contributed by atoms with van der Waals surface area (Å²) in [6.45, 7) is 3.91. The predicted octanol–water partition coefficient (Wildman–Crippen LogP) is 1.48. The number of nitriles is 1. The van der Waals surface area contributed by atoms with E-state index in [9.17, 15) is 20.0 Å². The number of benzene rings is 1. The van der Waals surface area contributed by atoms with Crippen molar-refractivity contribution in [1.82, 2.24) is 10.2 Å². The summed E-state index contributed by atoms with van der Waals surface area (Å²) in [6.07, 6.45) is -0.359. The first-order valence-corrected chi connectivity index (χ1v) is 8.84. The molecule has 2 aliphatic heterocycles. The number of aliphatic hydroxyl groups excluding tert-OH is 1. The highest BCUT2D eigenvalue weighted by atomic mass is 16.5. The number of carbonyl (C=O) groups is 2. The van der Waals surface area contributed by atoms with Gasteiger partial charge in [-0.2, -0.15) is 5.26 Å². The van der Waals surface area contributed by atoms with Crippen LogP contribution in [0.15, 0.2) is 18.2 Å². The highest BCUT2D eigenvalue weighted by Gasteiger charge is 2.45. The van der Waals surface area contributed by atoms with Crippen molar-refractivity contribution in [3.05, 3.63) is 29.3 Å². The number of likely N-dealkylation sites (tertiary alicyclic amines) is 1. The van der Waals surface area contributed by atoms with Gasteiger partial charge in [-0.15, -0.1) is 0 Å². The minimum atomic E-state index is -1.03. The molecule has 0 radical (unpaired) electrons. The molecular weight excluding hydrogens is 350 g/mol. The summed E-state index contributed by atoms with van der Waals surface area (Å²) in [6, 6.07) is 5.53. The smallest absolute Gasteiger partial charge is 0.410 e. The van der Waals surface area contributed by atoms with Crippen molar-refractivity contribution in [3.8, 4) is 11.8 Å². The Balaban J connectivity index is 1.90. The van der Waals surface area contributed by atoms with E-state index in [-0.39, 0.29) is 5.91 Å². The predicted molar refractivity (Wildman–Crippen MR) is 94.9 cm³/mol. The molecule has 27 heavy (non-hydrogen) atoms. The summed E-state index contributed by atoms with van der Waals surface area (Å²) in [4.78, 5) is 26.2. The van der Waals surface area contributed by atoms with Gasteiger partial charge in [0, 0.05) is 12.1 Å². The third-order valence-electron chi connectivity index (χ3n) is 5.14. The SMILES string of the molecule is COC(=O)N1CCC[C@H]1C(=O)N[C@@H]1c2cc(C#N)ccc2OC(C)(C)[C@H]1O. The lowest BCUT2D eigenvalue weighted by Crippen LogP contribution is -2.56. The molecule has 1 aromatic carbocycles. The van der Waals surface area contributed by atoms with Crippen LogP contribution in [0.4, 0.5) is 4.79 Å². The Morgan fingerprint density at radius 3 is 2.85 bits per heavy atom. The zero-order chi connectivity index (χ0) is 19.8. The van der Waals surface area contributed by atoms with Gasteiger partial charge in [-0.3, -0.25) is 9.69 Å². The molecule has 0 aliphatic carbocycles. The molecule has 0 bridgehead atoms. The normalized spacial score (nSPS) is 25.7. The number of rotatable bonds is 2. The number of amides is 2. The Labute approximate surface area is 157 Å². The summed E-state index contributed by atoms with van der Waals surface area (Å²) < 4.78 is 10.6. The first kappa shape index (κ1) is 19.0. The van der Waals surface area contributed by atoms with Crippen LogP contribution >= 0.6 is 0 Å². The van der Waals surface area contributed by atoms with Gasteiger partial charge in [0.2, 0.25) is 5.91 Å². The van der Waals surface area contributed by atoms with Gasteiger partial charge in [-0.1, -0.05) is 0 Å². The first-order chi connectivity index (χ1) is 12.8. The average Bonchev–Trinajstić information content (AvgIpc) is 3.14. The number of aliphatic hydroxyl groups is 1. The van der Waals surface area contributed by atoms with Gasteiger partial charge in [-0.25, -0.2) is 4.79 Å².